The topological polar surface area (TPSA) is 29.5 Å². The van der Waals surface area contributed by atoms with Gasteiger partial charge < -0.3 is 4.74 Å². The van der Waals surface area contributed by atoms with Gasteiger partial charge in [0.2, 0.25) is 0 Å². The number of rotatable bonds is 4. The second-order valence-corrected chi connectivity index (χ2v) is 6.21. The number of benzene rings is 2. The average molecular weight is 330 g/mol. The molecule has 0 aromatic heterocycles. The van der Waals surface area contributed by atoms with Crippen molar-refractivity contribution in [1.29, 1.82) is 0 Å². The monoisotopic (exact) mass is 329 g/mol. The largest absolute Gasteiger partial charge is 0.465 e. The van der Waals surface area contributed by atoms with Crippen molar-refractivity contribution in [3.8, 4) is 0 Å². The lowest BCUT2D eigenvalue weighted by Gasteiger charge is -2.35. The average Bonchev–Trinajstić information content (AvgIpc) is 2.56. The molecule has 1 aliphatic rings. The minimum atomic E-state index is -0.236. The molecule has 0 saturated heterocycles. The van der Waals surface area contributed by atoms with E-state index >= 15 is 0 Å². The van der Waals surface area contributed by atoms with Crippen LogP contribution in [0.5, 0.6) is 0 Å². The van der Waals surface area contributed by atoms with E-state index in [9.17, 15) is 4.79 Å². The third kappa shape index (κ3) is 3.74. The highest BCUT2D eigenvalue weighted by atomic mass is 35.5. The van der Waals surface area contributed by atoms with Crippen molar-refractivity contribution in [2.75, 3.05) is 6.61 Å². The molecule has 0 amide bonds. The summed E-state index contributed by atoms with van der Waals surface area (Å²) in [5.74, 6) is -0.143. The Morgan fingerprint density at radius 2 is 1.87 bits per heavy atom. The number of carbonyl (C=O) groups is 1. The third-order valence-electron chi connectivity index (χ3n) is 4.20. The van der Waals surface area contributed by atoms with Gasteiger partial charge in [0.15, 0.2) is 0 Å². The molecule has 3 nitrogen and oxygen atoms in total. The van der Waals surface area contributed by atoms with E-state index in [1.54, 1.807) is 0 Å². The van der Waals surface area contributed by atoms with Gasteiger partial charge in [-0.2, -0.15) is 0 Å². The zero-order valence-corrected chi connectivity index (χ0v) is 13.9. The van der Waals surface area contributed by atoms with E-state index in [2.05, 4.69) is 17.0 Å². The molecule has 0 radical (unpaired) electrons. The fourth-order valence-electron chi connectivity index (χ4n) is 3.04. The number of esters is 1. The van der Waals surface area contributed by atoms with E-state index in [1.807, 2.05) is 43.3 Å². The summed E-state index contributed by atoms with van der Waals surface area (Å²) in [6.07, 6.45) is 0.697. The highest BCUT2D eigenvalue weighted by Crippen LogP contribution is 2.26. The van der Waals surface area contributed by atoms with Gasteiger partial charge >= 0.3 is 5.97 Å². The zero-order valence-electron chi connectivity index (χ0n) is 13.2. The van der Waals surface area contributed by atoms with Gasteiger partial charge in [-0.25, -0.2) is 0 Å². The molecule has 1 atom stereocenters. The summed E-state index contributed by atoms with van der Waals surface area (Å²) in [5.41, 5.74) is 3.66. The molecular formula is C19H20ClNO2. The predicted molar refractivity (Wildman–Crippen MR) is 91.3 cm³/mol. The second-order valence-electron chi connectivity index (χ2n) is 5.77. The molecule has 0 saturated carbocycles. The number of halogens is 1. The molecule has 2 aromatic rings. The minimum absolute atomic E-state index is 0.143. The highest BCUT2D eigenvalue weighted by molar-refractivity contribution is 6.30. The lowest BCUT2D eigenvalue weighted by Crippen LogP contribution is -2.45. The van der Waals surface area contributed by atoms with E-state index in [0.29, 0.717) is 19.6 Å². The molecule has 3 rings (SSSR count). The smallest absolute Gasteiger partial charge is 0.323 e. The van der Waals surface area contributed by atoms with Crippen LogP contribution in [0.3, 0.4) is 0 Å². The van der Waals surface area contributed by atoms with Crippen LogP contribution in [0, 0.1) is 0 Å². The molecule has 0 fully saturated rings. The summed E-state index contributed by atoms with van der Waals surface area (Å²) in [7, 11) is 0. The first kappa shape index (κ1) is 16.0. The van der Waals surface area contributed by atoms with E-state index in [4.69, 9.17) is 16.3 Å². The maximum atomic E-state index is 12.4. The molecule has 1 aliphatic heterocycles. The van der Waals surface area contributed by atoms with E-state index in [-0.39, 0.29) is 12.0 Å². The Bertz CT molecular complexity index is 684. The fourth-order valence-corrected chi connectivity index (χ4v) is 3.16. The molecule has 0 aliphatic carbocycles. The van der Waals surface area contributed by atoms with Crippen LogP contribution in [0.1, 0.15) is 23.6 Å². The first-order valence-corrected chi connectivity index (χ1v) is 8.27. The van der Waals surface area contributed by atoms with Crippen LogP contribution in [0.15, 0.2) is 48.5 Å². The summed E-state index contributed by atoms with van der Waals surface area (Å²) in [6, 6.07) is 15.8. The standard InChI is InChI=1S/C19H20ClNO2/c1-2-23-19(22)18-11-15-5-3-4-6-16(15)13-21(18)12-14-7-9-17(20)10-8-14/h3-10,18H,2,11-13H2,1H3. The molecule has 4 heteroatoms. The van der Waals surface area contributed by atoms with Crippen molar-refractivity contribution >= 4 is 17.6 Å². The Kier molecular flexibility index (Phi) is 4.99. The predicted octanol–water partition coefficient (Wildman–Crippen LogP) is 3.83. The molecule has 120 valence electrons. The fraction of sp³-hybridized carbons (Fsp3) is 0.316. The summed E-state index contributed by atoms with van der Waals surface area (Å²) < 4.78 is 5.28. The number of hydrogen-bond donors (Lipinski definition) is 0. The molecule has 1 heterocycles. The van der Waals surface area contributed by atoms with Crippen LogP contribution in [-0.4, -0.2) is 23.5 Å². The molecule has 0 spiro atoms. The summed E-state index contributed by atoms with van der Waals surface area (Å²) >= 11 is 5.95. The second kappa shape index (κ2) is 7.16. The van der Waals surface area contributed by atoms with Crippen LogP contribution in [0.2, 0.25) is 5.02 Å². The van der Waals surface area contributed by atoms with Crippen LogP contribution in [-0.2, 0) is 29.0 Å². The van der Waals surface area contributed by atoms with E-state index in [1.165, 1.54) is 11.1 Å². The summed E-state index contributed by atoms with van der Waals surface area (Å²) in [5, 5.41) is 0.722. The normalized spacial score (nSPS) is 17.6. The van der Waals surface area contributed by atoms with Crippen LogP contribution in [0.25, 0.3) is 0 Å². The first-order valence-electron chi connectivity index (χ1n) is 7.89. The zero-order chi connectivity index (χ0) is 16.2. The number of fused-ring (bicyclic) bond motifs is 1. The van der Waals surface area contributed by atoms with Gasteiger partial charge in [0, 0.05) is 18.1 Å². The maximum Gasteiger partial charge on any atom is 0.323 e. The molecule has 1 unspecified atom stereocenters. The Labute approximate surface area is 141 Å². The number of hydrogen-bond acceptors (Lipinski definition) is 3. The van der Waals surface area contributed by atoms with Crippen LogP contribution in [0.4, 0.5) is 0 Å². The van der Waals surface area contributed by atoms with Crippen molar-refractivity contribution in [2.24, 2.45) is 0 Å². The van der Waals surface area contributed by atoms with Gasteiger partial charge in [-0.05, 0) is 42.2 Å². The molecule has 0 bridgehead atoms. The van der Waals surface area contributed by atoms with Crippen molar-refractivity contribution < 1.29 is 9.53 Å². The van der Waals surface area contributed by atoms with Gasteiger partial charge in [0.25, 0.3) is 0 Å². The summed E-state index contributed by atoms with van der Waals surface area (Å²) in [6.45, 7) is 3.71. The summed E-state index contributed by atoms with van der Waals surface area (Å²) in [4.78, 5) is 14.6. The van der Waals surface area contributed by atoms with Crippen LogP contribution >= 0.6 is 11.6 Å². The van der Waals surface area contributed by atoms with Gasteiger partial charge in [-0.1, -0.05) is 48.0 Å². The van der Waals surface area contributed by atoms with Crippen molar-refractivity contribution in [1.82, 2.24) is 4.90 Å². The van der Waals surface area contributed by atoms with Crippen molar-refractivity contribution in [2.45, 2.75) is 32.5 Å². The molecule has 2 aromatic carbocycles. The SMILES string of the molecule is CCOC(=O)C1Cc2ccccc2CN1Cc1ccc(Cl)cc1. The number of nitrogens with zero attached hydrogens (tertiary/aromatic N) is 1. The first-order chi connectivity index (χ1) is 11.2. The Balaban J connectivity index is 1.85. The van der Waals surface area contributed by atoms with Crippen molar-refractivity contribution in [3.63, 3.8) is 0 Å². The molecule has 23 heavy (non-hydrogen) atoms. The van der Waals surface area contributed by atoms with Gasteiger partial charge in [-0.3, -0.25) is 9.69 Å². The Morgan fingerprint density at radius 1 is 1.17 bits per heavy atom. The Morgan fingerprint density at radius 3 is 2.57 bits per heavy atom. The van der Waals surface area contributed by atoms with Crippen LogP contribution < -0.4 is 0 Å². The van der Waals surface area contributed by atoms with Gasteiger partial charge in [0.1, 0.15) is 6.04 Å². The maximum absolute atomic E-state index is 12.4. The minimum Gasteiger partial charge on any atom is -0.465 e. The van der Waals surface area contributed by atoms with Crippen molar-refractivity contribution in [3.05, 3.63) is 70.2 Å². The highest BCUT2D eigenvalue weighted by Gasteiger charge is 2.32. The van der Waals surface area contributed by atoms with Gasteiger partial charge in [0.05, 0.1) is 6.61 Å². The number of carbonyl (C=O) groups excluding carboxylic acids is 1. The molecule has 0 N–H and O–H groups in total. The van der Waals surface area contributed by atoms with E-state index < -0.39 is 0 Å². The Hall–Kier alpha value is -1.84. The van der Waals surface area contributed by atoms with E-state index in [0.717, 1.165) is 17.1 Å². The lowest BCUT2D eigenvalue weighted by molar-refractivity contribution is -0.150. The lowest BCUT2D eigenvalue weighted by atomic mass is 9.93. The number of ether oxygens (including phenoxy) is 1. The quantitative estimate of drug-likeness (QED) is 0.798. The van der Waals surface area contributed by atoms with Gasteiger partial charge in [-0.15, -0.1) is 0 Å². The third-order valence-corrected chi connectivity index (χ3v) is 4.46. The molecular weight excluding hydrogens is 310 g/mol.